The highest BCUT2D eigenvalue weighted by molar-refractivity contribution is 6.11. The van der Waals surface area contributed by atoms with Crippen molar-refractivity contribution in [2.45, 2.75) is 31.8 Å². The Balaban J connectivity index is 1.32. The highest BCUT2D eigenvalue weighted by Gasteiger charge is 2.42. The second-order valence-electron chi connectivity index (χ2n) is 9.32. The number of ether oxygens (including phenoxy) is 1. The number of amides is 3. The molecule has 2 aromatic carbocycles. The Bertz CT molecular complexity index is 1100. The fraction of sp³-hybridized carbons (Fsp3) is 0.444. The monoisotopic (exact) mass is 476 g/mol. The molecule has 1 unspecified atom stereocenters. The van der Waals surface area contributed by atoms with E-state index in [1.807, 2.05) is 36.4 Å². The average molecular weight is 477 g/mol. The first-order valence-electron chi connectivity index (χ1n) is 12.5. The van der Waals surface area contributed by atoms with Gasteiger partial charge in [0.25, 0.3) is 11.8 Å². The van der Waals surface area contributed by atoms with E-state index in [9.17, 15) is 14.4 Å². The van der Waals surface area contributed by atoms with Gasteiger partial charge in [-0.25, -0.2) is 0 Å². The molecule has 3 heterocycles. The Morgan fingerprint density at radius 3 is 2.63 bits per heavy atom. The standard InChI is InChI=1S/C27H32N4O4/c32-25(28-12-6-13-29-15-17-35-18-16-29)21-8-2-1-7-20(21)19-31-23-10-4-3-9-22(23)26(33)30-14-5-11-24(30)27(31)34/h1-4,7-10,24H,5-6,11-19H2,(H,28,32). The zero-order chi connectivity index (χ0) is 24.2. The molecule has 2 saturated heterocycles. The number of para-hydroxylation sites is 1. The second kappa shape index (κ2) is 10.6. The lowest BCUT2D eigenvalue weighted by Gasteiger charge is -2.27. The van der Waals surface area contributed by atoms with Crippen LogP contribution < -0.4 is 10.2 Å². The minimum Gasteiger partial charge on any atom is -0.379 e. The van der Waals surface area contributed by atoms with Gasteiger partial charge in [-0.1, -0.05) is 30.3 Å². The summed E-state index contributed by atoms with van der Waals surface area (Å²) in [6.07, 6.45) is 2.35. The molecular formula is C27H32N4O4. The van der Waals surface area contributed by atoms with Gasteiger partial charge in [-0.2, -0.15) is 0 Å². The predicted octanol–water partition coefficient (Wildman–Crippen LogP) is 2.29. The molecule has 1 atom stereocenters. The molecule has 0 bridgehead atoms. The minimum absolute atomic E-state index is 0.0819. The van der Waals surface area contributed by atoms with E-state index in [1.54, 1.807) is 21.9 Å². The van der Waals surface area contributed by atoms with Crippen molar-refractivity contribution in [3.05, 3.63) is 65.2 Å². The maximum absolute atomic E-state index is 13.6. The number of rotatable bonds is 7. The Labute approximate surface area is 205 Å². The van der Waals surface area contributed by atoms with Crippen molar-refractivity contribution < 1.29 is 19.1 Å². The highest BCUT2D eigenvalue weighted by atomic mass is 16.5. The maximum atomic E-state index is 13.6. The van der Waals surface area contributed by atoms with Gasteiger partial charge >= 0.3 is 0 Å². The molecule has 5 rings (SSSR count). The molecule has 0 saturated carbocycles. The zero-order valence-corrected chi connectivity index (χ0v) is 19.9. The van der Waals surface area contributed by atoms with E-state index in [1.165, 1.54) is 0 Å². The average Bonchev–Trinajstić information content (AvgIpc) is 3.37. The van der Waals surface area contributed by atoms with Crippen LogP contribution in [-0.2, 0) is 16.1 Å². The summed E-state index contributed by atoms with van der Waals surface area (Å²) in [6, 6.07) is 14.2. The topological polar surface area (TPSA) is 82.2 Å². The molecule has 8 heteroatoms. The van der Waals surface area contributed by atoms with Crippen molar-refractivity contribution in [3.63, 3.8) is 0 Å². The smallest absolute Gasteiger partial charge is 0.256 e. The van der Waals surface area contributed by atoms with E-state index in [2.05, 4.69) is 10.2 Å². The fourth-order valence-electron chi connectivity index (χ4n) is 5.25. The number of morpholine rings is 1. The summed E-state index contributed by atoms with van der Waals surface area (Å²) >= 11 is 0. The lowest BCUT2D eigenvalue weighted by Crippen LogP contribution is -2.44. The third-order valence-corrected chi connectivity index (χ3v) is 7.12. The van der Waals surface area contributed by atoms with Gasteiger partial charge in [0.1, 0.15) is 6.04 Å². The summed E-state index contributed by atoms with van der Waals surface area (Å²) < 4.78 is 5.38. The van der Waals surface area contributed by atoms with Crippen LogP contribution in [0.1, 0.15) is 45.5 Å². The largest absolute Gasteiger partial charge is 0.379 e. The molecule has 0 aliphatic carbocycles. The number of anilines is 1. The van der Waals surface area contributed by atoms with Gasteiger partial charge < -0.3 is 19.9 Å². The molecule has 1 N–H and O–H groups in total. The summed E-state index contributed by atoms with van der Waals surface area (Å²) in [5, 5.41) is 3.04. The van der Waals surface area contributed by atoms with Gasteiger partial charge in [-0.15, -0.1) is 0 Å². The first kappa shape index (κ1) is 23.5. The Kier molecular flexibility index (Phi) is 7.11. The van der Waals surface area contributed by atoms with Crippen LogP contribution in [0.2, 0.25) is 0 Å². The van der Waals surface area contributed by atoms with Crippen molar-refractivity contribution in [2.75, 3.05) is 50.8 Å². The number of carbonyl (C=O) groups is 3. The van der Waals surface area contributed by atoms with Gasteiger partial charge in [-0.05, 0) is 49.6 Å². The summed E-state index contributed by atoms with van der Waals surface area (Å²) in [6.45, 7) is 5.75. The number of nitrogens with one attached hydrogen (secondary N) is 1. The van der Waals surface area contributed by atoms with Crippen LogP contribution in [0.5, 0.6) is 0 Å². The normalized spacial score (nSPS) is 20.4. The first-order valence-corrected chi connectivity index (χ1v) is 12.5. The molecule has 8 nitrogen and oxygen atoms in total. The second-order valence-corrected chi connectivity index (χ2v) is 9.32. The van der Waals surface area contributed by atoms with E-state index in [0.29, 0.717) is 36.3 Å². The van der Waals surface area contributed by atoms with Crippen molar-refractivity contribution >= 4 is 23.4 Å². The summed E-state index contributed by atoms with van der Waals surface area (Å²) in [7, 11) is 0. The molecule has 0 radical (unpaired) electrons. The van der Waals surface area contributed by atoms with Crippen LogP contribution in [0, 0.1) is 0 Å². The molecular weight excluding hydrogens is 444 g/mol. The highest BCUT2D eigenvalue weighted by Crippen LogP contribution is 2.33. The Hall–Kier alpha value is -3.23. The summed E-state index contributed by atoms with van der Waals surface area (Å²) in [5.41, 5.74) is 2.47. The number of hydrogen-bond donors (Lipinski definition) is 1. The number of benzene rings is 2. The number of hydrogen-bond acceptors (Lipinski definition) is 5. The SMILES string of the molecule is O=C(NCCCN1CCOCC1)c1ccccc1CN1C(=O)C2CCCN2C(=O)c2ccccc21. The van der Waals surface area contributed by atoms with Crippen molar-refractivity contribution in [3.8, 4) is 0 Å². The van der Waals surface area contributed by atoms with Crippen molar-refractivity contribution in [1.29, 1.82) is 0 Å². The molecule has 35 heavy (non-hydrogen) atoms. The Morgan fingerprint density at radius 2 is 1.77 bits per heavy atom. The molecule has 0 spiro atoms. The van der Waals surface area contributed by atoms with E-state index in [0.717, 1.165) is 51.3 Å². The van der Waals surface area contributed by atoms with Gasteiger partial charge in [0.05, 0.1) is 31.0 Å². The van der Waals surface area contributed by atoms with Crippen LogP contribution in [0.4, 0.5) is 5.69 Å². The summed E-state index contributed by atoms with van der Waals surface area (Å²) in [4.78, 5) is 45.6. The van der Waals surface area contributed by atoms with E-state index in [4.69, 9.17) is 4.74 Å². The Morgan fingerprint density at radius 1 is 1.00 bits per heavy atom. The molecule has 2 fully saturated rings. The van der Waals surface area contributed by atoms with Crippen LogP contribution in [0.3, 0.4) is 0 Å². The molecule has 3 amide bonds. The van der Waals surface area contributed by atoms with Crippen molar-refractivity contribution in [2.24, 2.45) is 0 Å². The van der Waals surface area contributed by atoms with E-state index in [-0.39, 0.29) is 24.3 Å². The predicted molar refractivity (Wildman–Crippen MR) is 132 cm³/mol. The molecule has 184 valence electrons. The van der Waals surface area contributed by atoms with Gasteiger partial charge in [0, 0.05) is 31.7 Å². The fourth-order valence-corrected chi connectivity index (χ4v) is 5.25. The minimum atomic E-state index is -0.448. The van der Waals surface area contributed by atoms with Crippen molar-refractivity contribution in [1.82, 2.24) is 15.1 Å². The quantitative estimate of drug-likeness (QED) is 0.620. The van der Waals surface area contributed by atoms with Gasteiger partial charge in [0.2, 0.25) is 5.91 Å². The third-order valence-electron chi connectivity index (χ3n) is 7.12. The van der Waals surface area contributed by atoms with Crippen LogP contribution >= 0.6 is 0 Å². The lowest BCUT2D eigenvalue weighted by atomic mass is 10.0. The molecule has 3 aliphatic rings. The van der Waals surface area contributed by atoms with E-state index >= 15 is 0 Å². The van der Waals surface area contributed by atoms with Gasteiger partial charge in [0.15, 0.2) is 0 Å². The number of fused-ring (bicyclic) bond motifs is 2. The lowest BCUT2D eigenvalue weighted by molar-refractivity contribution is -0.122. The van der Waals surface area contributed by atoms with Crippen LogP contribution in [0.25, 0.3) is 0 Å². The summed E-state index contributed by atoms with van der Waals surface area (Å²) in [5.74, 6) is -0.316. The van der Waals surface area contributed by atoms with Crippen LogP contribution in [0.15, 0.2) is 48.5 Å². The van der Waals surface area contributed by atoms with Gasteiger partial charge in [-0.3, -0.25) is 19.3 Å². The first-order chi connectivity index (χ1) is 17.1. The number of nitrogens with zero attached hydrogens (tertiary/aromatic N) is 3. The molecule has 0 aromatic heterocycles. The zero-order valence-electron chi connectivity index (χ0n) is 19.9. The van der Waals surface area contributed by atoms with Crippen LogP contribution in [-0.4, -0.2) is 79.5 Å². The molecule has 3 aliphatic heterocycles. The maximum Gasteiger partial charge on any atom is 0.256 e. The third kappa shape index (κ3) is 4.94. The molecule has 2 aromatic rings. The number of carbonyl (C=O) groups excluding carboxylic acids is 3. The van der Waals surface area contributed by atoms with E-state index < -0.39 is 6.04 Å².